The highest BCUT2D eigenvalue weighted by Crippen LogP contribution is 2.25. The molecule has 4 heteroatoms. The number of urea groups is 1. The predicted octanol–water partition coefficient (Wildman–Crippen LogP) is 3.08. The Morgan fingerprint density at radius 1 is 1.14 bits per heavy atom. The monoisotopic (exact) mass is 289 g/mol. The van der Waals surface area contributed by atoms with Crippen LogP contribution in [0.5, 0.6) is 0 Å². The summed E-state index contributed by atoms with van der Waals surface area (Å²) < 4.78 is 0. The largest absolute Gasteiger partial charge is 0.378 e. The number of nitrogens with one attached hydrogen (secondary N) is 1. The van der Waals surface area contributed by atoms with Gasteiger partial charge in [-0.1, -0.05) is 25.0 Å². The lowest BCUT2D eigenvalue weighted by Crippen LogP contribution is -2.39. The summed E-state index contributed by atoms with van der Waals surface area (Å²) in [6, 6.07) is 8.30. The maximum absolute atomic E-state index is 12.1. The summed E-state index contributed by atoms with van der Waals surface area (Å²) in [5, 5.41) is 2.99. The van der Waals surface area contributed by atoms with E-state index >= 15 is 0 Å². The topological polar surface area (TPSA) is 35.6 Å². The van der Waals surface area contributed by atoms with Crippen LogP contribution in [0, 0.1) is 5.92 Å². The summed E-state index contributed by atoms with van der Waals surface area (Å²) >= 11 is 0. The van der Waals surface area contributed by atoms with Gasteiger partial charge < -0.3 is 15.1 Å². The van der Waals surface area contributed by atoms with Gasteiger partial charge in [0, 0.05) is 39.9 Å². The molecule has 0 saturated heterocycles. The first kappa shape index (κ1) is 15.7. The molecular formula is C17H27N3O. The summed E-state index contributed by atoms with van der Waals surface area (Å²) in [6.07, 6.45) is 5.17. The van der Waals surface area contributed by atoms with Crippen molar-refractivity contribution in [2.75, 3.05) is 32.6 Å². The van der Waals surface area contributed by atoms with Crippen LogP contribution in [0.3, 0.4) is 0 Å². The second kappa shape index (κ2) is 7.34. The van der Waals surface area contributed by atoms with Gasteiger partial charge in [0.2, 0.25) is 0 Å². The molecule has 1 aromatic carbocycles. The van der Waals surface area contributed by atoms with Crippen LogP contribution in [0.1, 0.15) is 31.2 Å². The summed E-state index contributed by atoms with van der Waals surface area (Å²) in [6.45, 7) is 1.47. The Kier molecular flexibility index (Phi) is 5.48. The van der Waals surface area contributed by atoms with Gasteiger partial charge in [0.05, 0.1) is 0 Å². The average molecular weight is 289 g/mol. The van der Waals surface area contributed by atoms with Gasteiger partial charge in [-0.15, -0.1) is 0 Å². The molecule has 1 aliphatic carbocycles. The number of nitrogens with zero attached hydrogens (tertiary/aromatic N) is 2. The van der Waals surface area contributed by atoms with Crippen molar-refractivity contribution < 1.29 is 4.79 Å². The van der Waals surface area contributed by atoms with Crippen molar-refractivity contribution in [3.05, 3.63) is 29.8 Å². The molecule has 1 aromatic rings. The van der Waals surface area contributed by atoms with E-state index in [0.29, 0.717) is 12.5 Å². The van der Waals surface area contributed by atoms with E-state index in [9.17, 15) is 4.79 Å². The van der Waals surface area contributed by atoms with E-state index in [2.05, 4.69) is 34.5 Å². The number of carbonyl (C=O) groups is 1. The highest BCUT2D eigenvalue weighted by Gasteiger charge is 2.19. The fraction of sp³-hybridized carbons (Fsp3) is 0.588. The highest BCUT2D eigenvalue weighted by molar-refractivity contribution is 5.73. The third kappa shape index (κ3) is 4.66. The van der Waals surface area contributed by atoms with Gasteiger partial charge in [0.15, 0.2) is 0 Å². The summed E-state index contributed by atoms with van der Waals surface area (Å²) in [7, 11) is 5.94. The molecule has 0 aliphatic heterocycles. The first-order valence-corrected chi connectivity index (χ1v) is 7.81. The zero-order valence-electron chi connectivity index (χ0n) is 13.4. The van der Waals surface area contributed by atoms with Crippen molar-refractivity contribution in [3.8, 4) is 0 Å². The predicted molar refractivity (Wildman–Crippen MR) is 87.6 cm³/mol. The van der Waals surface area contributed by atoms with E-state index in [1.807, 2.05) is 26.0 Å². The van der Waals surface area contributed by atoms with Crippen LogP contribution in [-0.2, 0) is 6.54 Å². The number of hydrogen-bond acceptors (Lipinski definition) is 2. The maximum Gasteiger partial charge on any atom is 0.317 e. The molecule has 0 atom stereocenters. The van der Waals surface area contributed by atoms with Gasteiger partial charge in [-0.25, -0.2) is 4.79 Å². The maximum atomic E-state index is 12.1. The van der Waals surface area contributed by atoms with Crippen LogP contribution in [-0.4, -0.2) is 38.6 Å². The third-order valence-electron chi connectivity index (χ3n) is 4.25. The number of anilines is 1. The van der Waals surface area contributed by atoms with Gasteiger partial charge in [0.1, 0.15) is 0 Å². The molecule has 1 fully saturated rings. The minimum Gasteiger partial charge on any atom is -0.378 e. The fourth-order valence-electron chi connectivity index (χ4n) is 2.89. The van der Waals surface area contributed by atoms with E-state index < -0.39 is 0 Å². The Balaban J connectivity index is 1.77. The van der Waals surface area contributed by atoms with Crippen molar-refractivity contribution in [2.24, 2.45) is 5.92 Å². The van der Waals surface area contributed by atoms with Crippen molar-refractivity contribution in [1.29, 1.82) is 0 Å². The molecule has 0 unspecified atom stereocenters. The number of hydrogen-bond donors (Lipinski definition) is 1. The Morgan fingerprint density at radius 3 is 2.33 bits per heavy atom. The van der Waals surface area contributed by atoms with Gasteiger partial charge in [-0.05, 0) is 36.5 Å². The normalized spacial score (nSPS) is 15.0. The van der Waals surface area contributed by atoms with Crippen LogP contribution in [0.25, 0.3) is 0 Å². The molecule has 0 heterocycles. The van der Waals surface area contributed by atoms with Gasteiger partial charge in [0.25, 0.3) is 0 Å². The minimum atomic E-state index is 0.0265. The lowest BCUT2D eigenvalue weighted by molar-refractivity contribution is 0.200. The molecule has 0 bridgehead atoms. The Bertz CT molecular complexity index is 450. The van der Waals surface area contributed by atoms with Gasteiger partial charge in [-0.3, -0.25) is 0 Å². The van der Waals surface area contributed by atoms with Crippen LogP contribution in [0.2, 0.25) is 0 Å². The van der Waals surface area contributed by atoms with E-state index in [-0.39, 0.29) is 6.03 Å². The number of amides is 2. The molecule has 1 N–H and O–H groups in total. The summed E-state index contributed by atoms with van der Waals surface area (Å²) in [5.74, 6) is 0.695. The van der Waals surface area contributed by atoms with Crippen molar-refractivity contribution in [2.45, 2.75) is 32.2 Å². The first-order chi connectivity index (χ1) is 10.1. The smallest absolute Gasteiger partial charge is 0.317 e. The molecule has 0 aromatic heterocycles. The lowest BCUT2D eigenvalue weighted by Gasteiger charge is -2.21. The fourth-order valence-corrected chi connectivity index (χ4v) is 2.89. The standard InChI is InChI=1S/C17H27N3O/c1-19(2)16-10-8-14(9-11-16)12-18-17(21)20(3)13-15-6-4-5-7-15/h8-11,15H,4-7,12-13H2,1-3H3,(H,18,21). The molecule has 1 saturated carbocycles. The van der Waals surface area contributed by atoms with Crippen molar-refractivity contribution in [1.82, 2.24) is 10.2 Å². The molecule has 2 amide bonds. The van der Waals surface area contributed by atoms with Crippen molar-refractivity contribution >= 4 is 11.7 Å². The minimum absolute atomic E-state index is 0.0265. The van der Waals surface area contributed by atoms with Crippen LogP contribution in [0.4, 0.5) is 10.5 Å². The molecular weight excluding hydrogens is 262 g/mol. The van der Waals surface area contributed by atoms with E-state index in [0.717, 1.165) is 12.1 Å². The van der Waals surface area contributed by atoms with E-state index in [4.69, 9.17) is 0 Å². The number of rotatable bonds is 5. The second-order valence-electron chi connectivity index (χ2n) is 6.25. The Morgan fingerprint density at radius 2 is 1.76 bits per heavy atom. The molecule has 0 spiro atoms. The average Bonchev–Trinajstić information content (AvgIpc) is 2.98. The van der Waals surface area contributed by atoms with Crippen LogP contribution < -0.4 is 10.2 Å². The first-order valence-electron chi connectivity index (χ1n) is 7.81. The second-order valence-corrected chi connectivity index (χ2v) is 6.25. The van der Waals surface area contributed by atoms with Gasteiger partial charge in [-0.2, -0.15) is 0 Å². The molecule has 116 valence electrons. The van der Waals surface area contributed by atoms with E-state index in [1.165, 1.54) is 31.4 Å². The SMILES string of the molecule is CN(CC1CCCC1)C(=O)NCc1ccc(N(C)C)cc1. The van der Waals surface area contributed by atoms with Crippen LogP contribution in [0.15, 0.2) is 24.3 Å². The molecule has 4 nitrogen and oxygen atoms in total. The van der Waals surface area contributed by atoms with Crippen LogP contribution >= 0.6 is 0 Å². The Hall–Kier alpha value is -1.71. The molecule has 21 heavy (non-hydrogen) atoms. The molecule has 2 rings (SSSR count). The zero-order chi connectivity index (χ0) is 15.2. The quantitative estimate of drug-likeness (QED) is 0.904. The molecule has 1 aliphatic rings. The third-order valence-corrected chi connectivity index (χ3v) is 4.25. The van der Waals surface area contributed by atoms with E-state index in [1.54, 1.807) is 0 Å². The number of carbonyl (C=O) groups excluding carboxylic acids is 1. The zero-order valence-corrected chi connectivity index (χ0v) is 13.4. The Labute approximate surface area is 128 Å². The highest BCUT2D eigenvalue weighted by atomic mass is 16.2. The van der Waals surface area contributed by atoms with Crippen molar-refractivity contribution in [3.63, 3.8) is 0 Å². The summed E-state index contributed by atoms with van der Waals surface area (Å²) in [5.41, 5.74) is 2.30. The number of benzene rings is 1. The van der Waals surface area contributed by atoms with Gasteiger partial charge >= 0.3 is 6.03 Å². The summed E-state index contributed by atoms with van der Waals surface area (Å²) in [4.78, 5) is 16.0. The lowest BCUT2D eigenvalue weighted by atomic mass is 10.1. The molecule has 0 radical (unpaired) electrons.